The predicted molar refractivity (Wildman–Crippen MR) is 111 cm³/mol. The van der Waals surface area contributed by atoms with Gasteiger partial charge in [-0.3, -0.25) is 4.79 Å². The lowest BCUT2D eigenvalue weighted by atomic mass is 10.1. The number of thiazole rings is 1. The highest BCUT2D eigenvalue weighted by Crippen LogP contribution is 2.30. The number of carbonyl (C=O) groups is 1. The first-order valence-corrected chi connectivity index (χ1v) is 9.81. The Kier molecular flexibility index (Phi) is 6.14. The molecule has 0 atom stereocenters. The third-order valence-corrected chi connectivity index (χ3v) is 5.83. The molecule has 0 saturated carbocycles. The Hall–Kier alpha value is -2.37. The van der Waals surface area contributed by atoms with Crippen LogP contribution in [0.5, 0.6) is 5.75 Å². The minimum Gasteiger partial charge on any atom is -0.484 e. The molecule has 0 aliphatic rings. The number of benzene rings is 2. The van der Waals surface area contributed by atoms with Crippen LogP contribution in [-0.2, 0) is 11.3 Å². The molecule has 1 N–H and O–H groups in total. The monoisotopic (exact) mass is 400 g/mol. The SMILES string of the molecule is Cc1cc(OCC(=O)NCc2sc(-c3ccccc3C)nc2C)ccc1Cl. The summed E-state index contributed by atoms with van der Waals surface area (Å²) in [6.45, 7) is 6.34. The molecule has 0 radical (unpaired) electrons. The summed E-state index contributed by atoms with van der Waals surface area (Å²) >= 11 is 7.60. The van der Waals surface area contributed by atoms with Crippen LogP contribution < -0.4 is 10.1 Å². The van der Waals surface area contributed by atoms with Crippen LogP contribution in [0.3, 0.4) is 0 Å². The Morgan fingerprint density at radius 3 is 2.67 bits per heavy atom. The first-order valence-electron chi connectivity index (χ1n) is 8.62. The average molecular weight is 401 g/mol. The van der Waals surface area contributed by atoms with Crippen molar-refractivity contribution in [3.05, 3.63) is 69.2 Å². The Morgan fingerprint density at radius 1 is 1.15 bits per heavy atom. The Morgan fingerprint density at radius 2 is 1.93 bits per heavy atom. The molecule has 2 aromatic carbocycles. The van der Waals surface area contributed by atoms with Crippen LogP contribution in [0.4, 0.5) is 0 Å². The standard InChI is InChI=1S/C21H21ClN2O2S/c1-13-6-4-5-7-17(13)21-24-15(3)19(27-21)11-23-20(25)12-26-16-8-9-18(22)14(2)10-16/h4-10H,11-12H2,1-3H3,(H,23,25). The van der Waals surface area contributed by atoms with Gasteiger partial charge in [-0.15, -0.1) is 11.3 Å². The number of hydrogen-bond acceptors (Lipinski definition) is 4. The van der Waals surface area contributed by atoms with E-state index in [1.165, 1.54) is 5.56 Å². The third-order valence-electron chi connectivity index (χ3n) is 4.21. The van der Waals surface area contributed by atoms with Gasteiger partial charge < -0.3 is 10.1 Å². The fourth-order valence-corrected chi connectivity index (χ4v) is 3.82. The van der Waals surface area contributed by atoms with E-state index in [0.717, 1.165) is 26.7 Å². The molecule has 0 aliphatic carbocycles. The number of halogens is 1. The van der Waals surface area contributed by atoms with Crippen molar-refractivity contribution < 1.29 is 9.53 Å². The normalized spacial score (nSPS) is 10.7. The quantitative estimate of drug-likeness (QED) is 0.627. The van der Waals surface area contributed by atoms with Gasteiger partial charge in [-0.25, -0.2) is 4.98 Å². The molecule has 1 aromatic heterocycles. The highest BCUT2D eigenvalue weighted by Gasteiger charge is 2.12. The second-order valence-electron chi connectivity index (χ2n) is 6.32. The largest absolute Gasteiger partial charge is 0.484 e. The van der Waals surface area contributed by atoms with Crippen LogP contribution in [0.25, 0.3) is 10.6 Å². The zero-order valence-corrected chi connectivity index (χ0v) is 17.1. The van der Waals surface area contributed by atoms with Gasteiger partial charge in [-0.1, -0.05) is 35.9 Å². The van der Waals surface area contributed by atoms with Crippen LogP contribution in [-0.4, -0.2) is 17.5 Å². The van der Waals surface area contributed by atoms with Crippen LogP contribution in [0.15, 0.2) is 42.5 Å². The van der Waals surface area contributed by atoms with Gasteiger partial charge >= 0.3 is 0 Å². The number of rotatable bonds is 6. The van der Waals surface area contributed by atoms with E-state index in [4.69, 9.17) is 16.3 Å². The summed E-state index contributed by atoms with van der Waals surface area (Å²) in [5.41, 5.74) is 4.17. The number of aromatic nitrogens is 1. The maximum atomic E-state index is 12.1. The second kappa shape index (κ2) is 8.55. The zero-order valence-electron chi connectivity index (χ0n) is 15.5. The molecule has 6 heteroatoms. The van der Waals surface area contributed by atoms with E-state index in [1.807, 2.05) is 32.0 Å². The summed E-state index contributed by atoms with van der Waals surface area (Å²) in [5.74, 6) is 0.454. The zero-order chi connectivity index (χ0) is 19.4. The van der Waals surface area contributed by atoms with E-state index < -0.39 is 0 Å². The van der Waals surface area contributed by atoms with Gasteiger partial charge in [0.25, 0.3) is 5.91 Å². The average Bonchev–Trinajstić information content (AvgIpc) is 3.02. The molecule has 1 heterocycles. The van der Waals surface area contributed by atoms with Crippen molar-refractivity contribution in [2.24, 2.45) is 0 Å². The molecule has 0 aliphatic heterocycles. The molecule has 0 bridgehead atoms. The van der Waals surface area contributed by atoms with E-state index in [0.29, 0.717) is 17.3 Å². The van der Waals surface area contributed by atoms with Gasteiger partial charge in [0.1, 0.15) is 10.8 Å². The van der Waals surface area contributed by atoms with Gasteiger partial charge in [0.05, 0.1) is 12.2 Å². The highest BCUT2D eigenvalue weighted by atomic mass is 35.5. The molecule has 3 aromatic rings. The molecule has 27 heavy (non-hydrogen) atoms. The Balaban J connectivity index is 1.57. The molecule has 0 spiro atoms. The van der Waals surface area contributed by atoms with E-state index in [9.17, 15) is 4.79 Å². The van der Waals surface area contributed by atoms with Gasteiger partial charge in [0.2, 0.25) is 0 Å². The lowest BCUT2D eigenvalue weighted by Gasteiger charge is -2.08. The van der Waals surface area contributed by atoms with Crippen molar-refractivity contribution in [3.8, 4) is 16.3 Å². The van der Waals surface area contributed by atoms with Crippen molar-refractivity contribution in [1.82, 2.24) is 10.3 Å². The maximum Gasteiger partial charge on any atom is 0.258 e. The Bertz CT molecular complexity index is 969. The van der Waals surface area contributed by atoms with Crippen molar-refractivity contribution in [2.75, 3.05) is 6.61 Å². The molecule has 0 saturated heterocycles. The highest BCUT2D eigenvalue weighted by molar-refractivity contribution is 7.15. The predicted octanol–water partition coefficient (Wildman–Crippen LogP) is 5.08. The van der Waals surface area contributed by atoms with Crippen molar-refractivity contribution in [1.29, 1.82) is 0 Å². The van der Waals surface area contributed by atoms with Gasteiger partial charge in [-0.2, -0.15) is 0 Å². The fourth-order valence-electron chi connectivity index (χ4n) is 2.61. The molecule has 140 valence electrons. The lowest BCUT2D eigenvalue weighted by molar-refractivity contribution is -0.123. The molecule has 4 nitrogen and oxygen atoms in total. The first-order chi connectivity index (χ1) is 12.9. The van der Waals surface area contributed by atoms with Crippen LogP contribution >= 0.6 is 22.9 Å². The van der Waals surface area contributed by atoms with Crippen molar-refractivity contribution >= 4 is 28.8 Å². The first kappa shape index (κ1) is 19.4. The van der Waals surface area contributed by atoms with E-state index in [-0.39, 0.29) is 12.5 Å². The smallest absolute Gasteiger partial charge is 0.258 e. The molecular formula is C21H21ClN2O2S. The maximum absolute atomic E-state index is 12.1. The minimum atomic E-state index is -0.173. The summed E-state index contributed by atoms with van der Waals surface area (Å²) in [7, 11) is 0. The molecule has 0 fully saturated rings. The summed E-state index contributed by atoms with van der Waals surface area (Å²) in [5, 5.41) is 4.55. The van der Waals surface area contributed by atoms with E-state index in [1.54, 1.807) is 23.5 Å². The molecular weight excluding hydrogens is 380 g/mol. The van der Waals surface area contributed by atoms with Crippen LogP contribution in [0, 0.1) is 20.8 Å². The molecule has 1 amide bonds. The molecule has 0 unspecified atom stereocenters. The van der Waals surface area contributed by atoms with Crippen LogP contribution in [0.2, 0.25) is 5.02 Å². The fraction of sp³-hybridized carbons (Fsp3) is 0.238. The van der Waals surface area contributed by atoms with E-state index in [2.05, 4.69) is 29.4 Å². The topological polar surface area (TPSA) is 51.2 Å². The summed E-state index contributed by atoms with van der Waals surface area (Å²) in [4.78, 5) is 17.8. The van der Waals surface area contributed by atoms with Gasteiger partial charge in [0.15, 0.2) is 6.61 Å². The summed E-state index contributed by atoms with van der Waals surface area (Å²) in [6.07, 6.45) is 0. The second-order valence-corrected chi connectivity index (χ2v) is 7.81. The number of nitrogens with zero attached hydrogens (tertiary/aromatic N) is 1. The van der Waals surface area contributed by atoms with Crippen molar-refractivity contribution in [3.63, 3.8) is 0 Å². The number of amides is 1. The number of aryl methyl sites for hydroxylation is 3. The number of carbonyl (C=O) groups excluding carboxylic acids is 1. The van der Waals surface area contributed by atoms with Crippen molar-refractivity contribution in [2.45, 2.75) is 27.3 Å². The number of nitrogens with one attached hydrogen (secondary N) is 1. The van der Waals surface area contributed by atoms with Gasteiger partial charge in [0, 0.05) is 15.5 Å². The lowest BCUT2D eigenvalue weighted by Crippen LogP contribution is -2.28. The van der Waals surface area contributed by atoms with Crippen LogP contribution in [0.1, 0.15) is 21.7 Å². The third kappa shape index (κ3) is 4.87. The number of ether oxygens (including phenoxy) is 1. The summed E-state index contributed by atoms with van der Waals surface area (Å²) in [6, 6.07) is 13.5. The Labute approximate surface area is 168 Å². The van der Waals surface area contributed by atoms with Gasteiger partial charge in [-0.05, 0) is 50.1 Å². The number of hydrogen-bond donors (Lipinski definition) is 1. The summed E-state index contributed by atoms with van der Waals surface area (Å²) < 4.78 is 5.53. The van der Waals surface area contributed by atoms with E-state index >= 15 is 0 Å². The minimum absolute atomic E-state index is 0.0381. The molecule has 3 rings (SSSR count).